The number of thioether (sulfide) groups is 1. The van der Waals surface area contributed by atoms with E-state index in [2.05, 4.69) is 11.4 Å². The Morgan fingerprint density at radius 1 is 1.42 bits per heavy atom. The first-order chi connectivity index (χ1) is 9.33. The summed E-state index contributed by atoms with van der Waals surface area (Å²) in [6, 6.07) is 6.06. The molecule has 1 saturated heterocycles. The van der Waals surface area contributed by atoms with E-state index >= 15 is 0 Å². The lowest BCUT2D eigenvalue weighted by Gasteiger charge is -2.16. The fraction of sp³-hybridized carbons (Fsp3) is 0.533. The van der Waals surface area contributed by atoms with E-state index in [0.717, 1.165) is 31.4 Å². The first kappa shape index (κ1) is 13.0. The van der Waals surface area contributed by atoms with Gasteiger partial charge in [0.25, 0.3) is 5.91 Å². The highest BCUT2D eigenvalue weighted by Crippen LogP contribution is 2.30. The second kappa shape index (κ2) is 5.97. The molecule has 0 bridgehead atoms. The molecular weight excluding hydrogens is 258 g/mol. The topological polar surface area (TPSA) is 38.3 Å². The fourth-order valence-electron chi connectivity index (χ4n) is 2.62. The van der Waals surface area contributed by atoms with Gasteiger partial charge in [-0.25, -0.2) is 0 Å². The molecule has 0 spiro atoms. The number of amides is 1. The second-order valence-electron chi connectivity index (χ2n) is 5.12. The Kier molecular flexibility index (Phi) is 4.09. The maximum absolute atomic E-state index is 12.1. The molecule has 3 rings (SSSR count). The molecule has 1 aromatic rings. The largest absolute Gasteiger partial charge is 0.376 e. The minimum Gasteiger partial charge on any atom is -0.376 e. The van der Waals surface area contributed by atoms with E-state index in [4.69, 9.17) is 4.74 Å². The highest BCUT2D eigenvalue weighted by molar-refractivity contribution is 7.99. The van der Waals surface area contributed by atoms with Crippen LogP contribution in [0.3, 0.4) is 0 Å². The molecule has 2 aliphatic rings. The highest BCUT2D eigenvalue weighted by Gasteiger charge is 2.17. The zero-order valence-electron chi connectivity index (χ0n) is 11.0. The third-order valence-corrected chi connectivity index (χ3v) is 4.89. The van der Waals surface area contributed by atoms with Crippen LogP contribution >= 0.6 is 11.8 Å². The number of fused-ring (bicyclic) bond motifs is 1. The van der Waals surface area contributed by atoms with Crippen molar-refractivity contribution in [1.82, 2.24) is 5.32 Å². The second-order valence-corrected chi connectivity index (χ2v) is 6.26. The average Bonchev–Trinajstić information content (AvgIpc) is 2.97. The van der Waals surface area contributed by atoms with Crippen molar-refractivity contribution in [1.29, 1.82) is 0 Å². The lowest BCUT2D eigenvalue weighted by atomic mass is 10.1. The van der Waals surface area contributed by atoms with Gasteiger partial charge < -0.3 is 10.1 Å². The molecular formula is C15H19NO2S. The molecule has 4 heteroatoms. The van der Waals surface area contributed by atoms with Gasteiger partial charge in [-0.2, -0.15) is 0 Å². The van der Waals surface area contributed by atoms with E-state index < -0.39 is 0 Å². The van der Waals surface area contributed by atoms with Gasteiger partial charge in [-0.05, 0) is 55.2 Å². The first-order valence-electron chi connectivity index (χ1n) is 6.98. The van der Waals surface area contributed by atoms with Gasteiger partial charge in [0.1, 0.15) is 0 Å². The van der Waals surface area contributed by atoms with Crippen LogP contribution in [0.2, 0.25) is 0 Å². The molecule has 0 radical (unpaired) electrons. The zero-order valence-corrected chi connectivity index (χ0v) is 11.8. The number of carbonyl (C=O) groups is 1. The molecule has 3 nitrogen and oxygen atoms in total. The first-order valence-corrected chi connectivity index (χ1v) is 7.97. The van der Waals surface area contributed by atoms with Crippen LogP contribution in [0, 0.1) is 0 Å². The highest BCUT2D eigenvalue weighted by atomic mass is 32.2. The average molecular weight is 277 g/mol. The number of benzene rings is 1. The molecule has 19 heavy (non-hydrogen) atoms. The maximum atomic E-state index is 12.1. The summed E-state index contributed by atoms with van der Waals surface area (Å²) >= 11 is 1.89. The third-order valence-electron chi connectivity index (χ3n) is 3.68. The Morgan fingerprint density at radius 2 is 2.37 bits per heavy atom. The summed E-state index contributed by atoms with van der Waals surface area (Å²) < 4.78 is 5.51. The minimum absolute atomic E-state index is 0.0221. The number of rotatable bonds is 3. The van der Waals surface area contributed by atoms with Gasteiger partial charge in [-0.15, -0.1) is 11.8 Å². The van der Waals surface area contributed by atoms with Crippen molar-refractivity contribution < 1.29 is 9.53 Å². The van der Waals surface area contributed by atoms with Crippen molar-refractivity contribution in [3.8, 4) is 0 Å². The van der Waals surface area contributed by atoms with Gasteiger partial charge in [-0.1, -0.05) is 0 Å². The quantitative estimate of drug-likeness (QED) is 0.923. The summed E-state index contributed by atoms with van der Waals surface area (Å²) in [5, 5.41) is 2.98. The smallest absolute Gasteiger partial charge is 0.251 e. The van der Waals surface area contributed by atoms with Crippen molar-refractivity contribution in [2.24, 2.45) is 0 Å². The van der Waals surface area contributed by atoms with Crippen molar-refractivity contribution in [2.45, 2.75) is 36.7 Å². The van der Waals surface area contributed by atoms with Gasteiger partial charge >= 0.3 is 0 Å². The van der Waals surface area contributed by atoms with Crippen LogP contribution in [0.15, 0.2) is 23.1 Å². The van der Waals surface area contributed by atoms with Gasteiger partial charge in [0.15, 0.2) is 0 Å². The van der Waals surface area contributed by atoms with Crippen LogP contribution in [-0.2, 0) is 11.2 Å². The Balaban J connectivity index is 1.62. The van der Waals surface area contributed by atoms with Crippen LogP contribution < -0.4 is 5.32 Å². The molecule has 0 aliphatic carbocycles. The van der Waals surface area contributed by atoms with E-state index in [0.29, 0.717) is 6.54 Å². The van der Waals surface area contributed by atoms with E-state index in [1.165, 1.54) is 22.6 Å². The lowest BCUT2D eigenvalue weighted by Crippen LogP contribution is -2.31. The summed E-state index contributed by atoms with van der Waals surface area (Å²) in [4.78, 5) is 13.4. The molecule has 1 unspecified atom stereocenters. The van der Waals surface area contributed by atoms with Gasteiger partial charge in [0.2, 0.25) is 0 Å². The van der Waals surface area contributed by atoms with Crippen molar-refractivity contribution in [3.63, 3.8) is 0 Å². The Morgan fingerprint density at radius 3 is 3.21 bits per heavy atom. The number of hydrogen-bond acceptors (Lipinski definition) is 3. The molecule has 1 aromatic carbocycles. The normalized spacial score (nSPS) is 22.0. The third kappa shape index (κ3) is 3.12. The van der Waals surface area contributed by atoms with Crippen molar-refractivity contribution in [2.75, 3.05) is 18.9 Å². The van der Waals surface area contributed by atoms with Crippen LogP contribution in [0.25, 0.3) is 0 Å². The summed E-state index contributed by atoms with van der Waals surface area (Å²) in [6.07, 6.45) is 4.67. The number of carbonyl (C=O) groups excluding carboxylic acids is 1. The standard InChI is InChI=1S/C15H19NO2S/c17-15(16-10-13-4-1-7-18-13)12-5-6-14-11(9-12)3-2-8-19-14/h5-6,9,13H,1-4,7-8,10H2,(H,16,17). The predicted molar refractivity (Wildman–Crippen MR) is 76.8 cm³/mol. The maximum Gasteiger partial charge on any atom is 0.251 e. The van der Waals surface area contributed by atoms with Crippen LogP contribution in [0.1, 0.15) is 35.2 Å². The van der Waals surface area contributed by atoms with E-state index in [-0.39, 0.29) is 12.0 Å². The molecule has 0 aromatic heterocycles. The van der Waals surface area contributed by atoms with Crippen molar-refractivity contribution in [3.05, 3.63) is 29.3 Å². The summed E-state index contributed by atoms with van der Waals surface area (Å²) in [5.74, 6) is 1.21. The summed E-state index contributed by atoms with van der Waals surface area (Å²) in [7, 11) is 0. The van der Waals surface area contributed by atoms with E-state index in [1.54, 1.807) is 0 Å². The number of nitrogens with one attached hydrogen (secondary N) is 1. The predicted octanol–water partition coefficient (Wildman–Crippen LogP) is 2.63. The Labute approximate surface area is 118 Å². The van der Waals surface area contributed by atoms with Crippen molar-refractivity contribution >= 4 is 17.7 Å². The van der Waals surface area contributed by atoms with Crippen LogP contribution in [0.4, 0.5) is 0 Å². The fourth-order valence-corrected chi connectivity index (χ4v) is 3.63. The molecule has 2 aliphatic heterocycles. The van der Waals surface area contributed by atoms with Crippen LogP contribution in [0.5, 0.6) is 0 Å². The number of ether oxygens (including phenoxy) is 1. The Bertz CT molecular complexity index is 469. The summed E-state index contributed by atoms with van der Waals surface area (Å²) in [6.45, 7) is 1.46. The van der Waals surface area contributed by atoms with Crippen LogP contribution in [-0.4, -0.2) is 30.9 Å². The molecule has 0 saturated carbocycles. The molecule has 1 atom stereocenters. The molecule has 1 fully saturated rings. The van der Waals surface area contributed by atoms with Gasteiger partial charge in [-0.3, -0.25) is 4.79 Å². The monoisotopic (exact) mass is 277 g/mol. The lowest BCUT2D eigenvalue weighted by molar-refractivity contribution is 0.0857. The van der Waals surface area contributed by atoms with Gasteiger partial charge in [0.05, 0.1) is 6.10 Å². The molecule has 2 heterocycles. The number of aryl methyl sites for hydroxylation is 1. The molecule has 1 amide bonds. The van der Waals surface area contributed by atoms with Gasteiger partial charge in [0, 0.05) is 23.6 Å². The van der Waals surface area contributed by atoms with E-state index in [1.807, 2.05) is 23.9 Å². The molecule has 1 N–H and O–H groups in total. The minimum atomic E-state index is 0.0221. The zero-order chi connectivity index (χ0) is 13.1. The van der Waals surface area contributed by atoms with E-state index in [9.17, 15) is 4.79 Å². The number of hydrogen-bond donors (Lipinski definition) is 1. The summed E-state index contributed by atoms with van der Waals surface area (Å²) in [5.41, 5.74) is 2.10. The molecule has 102 valence electrons. The Hall–Kier alpha value is -1.00. The SMILES string of the molecule is O=C(NCC1CCCO1)c1ccc2c(c1)CCCS2.